The van der Waals surface area contributed by atoms with Gasteiger partial charge in [0, 0.05) is 38.9 Å². The predicted octanol–water partition coefficient (Wildman–Crippen LogP) is 3.67. The van der Waals surface area contributed by atoms with E-state index in [1.165, 1.54) is 31.2 Å². The molecule has 0 amide bonds. The number of aromatic nitrogens is 2. The summed E-state index contributed by atoms with van der Waals surface area (Å²) in [6, 6.07) is 13.9. The number of morpholine rings is 1. The molecule has 1 aromatic carbocycles. The highest BCUT2D eigenvalue weighted by Gasteiger charge is 2.41. The first-order valence-corrected chi connectivity index (χ1v) is 12.3. The van der Waals surface area contributed by atoms with E-state index in [2.05, 4.69) is 69.3 Å². The first-order valence-electron chi connectivity index (χ1n) is 12.3. The van der Waals surface area contributed by atoms with Crippen molar-refractivity contribution in [3.8, 4) is 0 Å². The Morgan fingerprint density at radius 1 is 1.15 bits per heavy atom. The Bertz CT molecular complexity index is 897. The third-order valence-electron chi connectivity index (χ3n) is 7.03. The number of aliphatic imine (C=N–C) groups is 1. The van der Waals surface area contributed by atoms with Gasteiger partial charge in [0.2, 0.25) is 0 Å². The quantitative estimate of drug-likeness (QED) is 0.330. The van der Waals surface area contributed by atoms with Gasteiger partial charge in [0.1, 0.15) is 0 Å². The van der Waals surface area contributed by atoms with E-state index in [-0.39, 0.29) is 30.1 Å². The van der Waals surface area contributed by atoms with Gasteiger partial charge in [-0.1, -0.05) is 43.2 Å². The maximum atomic E-state index is 6.17. The van der Waals surface area contributed by atoms with Crippen LogP contribution in [0.1, 0.15) is 49.9 Å². The lowest BCUT2D eigenvalue weighted by Gasteiger charge is -2.36. The zero-order valence-corrected chi connectivity index (χ0v) is 21.9. The number of hydrogen-bond acceptors (Lipinski definition) is 4. The molecule has 2 unspecified atom stereocenters. The van der Waals surface area contributed by atoms with Gasteiger partial charge in [0.15, 0.2) is 5.96 Å². The van der Waals surface area contributed by atoms with Crippen LogP contribution in [-0.4, -0.2) is 70.5 Å². The minimum Gasteiger partial charge on any atom is -0.373 e. The van der Waals surface area contributed by atoms with Gasteiger partial charge in [-0.25, -0.2) is 4.99 Å². The van der Waals surface area contributed by atoms with Gasteiger partial charge in [-0.2, -0.15) is 5.10 Å². The lowest BCUT2D eigenvalue weighted by atomic mass is 10.1. The molecule has 1 aliphatic carbocycles. The molecule has 2 aromatic rings. The molecule has 33 heavy (non-hydrogen) atoms. The molecule has 0 radical (unpaired) electrons. The Labute approximate surface area is 214 Å². The maximum absolute atomic E-state index is 6.17. The fourth-order valence-electron chi connectivity index (χ4n) is 5.36. The zero-order valence-electron chi connectivity index (χ0n) is 19.6. The number of ether oxygens (including phenoxy) is 1. The summed E-state index contributed by atoms with van der Waals surface area (Å²) < 4.78 is 8.33. The average Bonchev–Trinajstić information content (AvgIpc) is 3.58. The van der Waals surface area contributed by atoms with Gasteiger partial charge in [-0.15, -0.1) is 24.0 Å². The second kappa shape index (κ2) is 11.7. The molecule has 0 spiro atoms. The molecule has 0 bridgehead atoms. The second-order valence-corrected chi connectivity index (χ2v) is 9.23. The van der Waals surface area contributed by atoms with Crippen molar-refractivity contribution in [3.63, 3.8) is 0 Å². The molecule has 2 saturated heterocycles. The number of guanidine groups is 1. The van der Waals surface area contributed by atoms with Crippen molar-refractivity contribution < 1.29 is 4.74 Å². The number of nitrogens with one attached hydrogen (secondary N) is 1. The van der Waals surface area contributed by atoms with E-state index in [4.69, 9.17) is 14.8 Å². The largest absolute Gasteiger partial charge is 0.373 e. The van der Waals surface area contributed by atoms with Crippen LogP contribution in [0.25, 0.3) is 0 Å². The van der Waals surface area contributed by atoms with E-state index in [9.17, 15) is 0 Å². The van der Waals surface area contributed by atoms with Crippen LogP contribution in [-0.2, 0) is 17.8 Å². The number of halogens is 1. The third-order valence-corrected chi connectivity index (χ3v) is 7.03. The summed E-state index contributed by atoms with van der Waals surface area (Å²) in [5, 5.41) is 8.31. The van der Waals surface area contributed by atoms with E-state index >= 15 is 0 Å². The van der Waals surface area contributed by atoms with Crippen molar-refractivity contribution >= 4 is 29.9 Å². The average molecular weight is 565 g/mol. The van der Waals surface area contributed by atoms with Crippen molar-refractivity contribution in [1.82, 2.24) is 24.9 Å². The summed E-state index contributed by atoms with van der Waals surface area (Å²) in [5.74, 6) is 0.973. The molecule has 1 aromatic heterocycles. The highest BCUT2D eigenvalue weighted by Crippen LogP contribution is 2.29. The topological polar surface area (TPSA) is 57.9 Å². The standard InChI is InChI=1S/C25H36N6O.HI/c1-2-26-25(27-16-21-12-13-31(28-21)22-10-6-7-11-22)30-18-23-24(19-30)32-15-14-29(23)17-20-8-4-3-5-9-20;/h3-5,8-9,12-13,22-24H,2,6-7,10-11,14-19H2,1H3,(H,26,27);1H. The molecule has 5 rings (SSSR count). The molecular formula is C25H37IN6O. The number of fused-ring (bicyclic) bond motifs is 1. The molecule has 3 aliphatic rings. The van der Waals surface area contributed by atoms with Crippen LogP contribution in [0.15, 0.2) is 47.6 Å². The first-order chi connectivity index (χ1) is 15.8. The van der Waals surface area contributed by atoms with E-state index < -0.39 is 0 Å². The lowest BCUT2D eigenvalue weighted by molar-refractivity contribution is -0.0502. The number of rotatable bonds is 6. The fraction of sp³-hybridized carbons (Fsp3) is 0.600. The van der Waals surface area contributed by atoms with E-state index in [0.29, 0.717) is 18.6 Å². The van der Waals surface area contributed by atoms with Gasteiger partial charge in [0.05, 0.1) is 37.0 Å². The summed E-state index contributed by atoms with van der Waals surface area (Å²) in [6.07, 6.45) is 7.52. The summed E-state index contributed by atoms with van der Waals surface area (Å²) in [5.41, 5.74) is 2.41. The molecule has 180 valence electrons. The molecule has 3 heterocycles. The van der Waals surface area contributed by atoms with Crippen LogP contribution in [0.2, 0.25) is 0 Å². The van der Waals surface area contributed by atoms with Crippen molar-refractivity contribution in [1.29, 1.82) is 0 Å². The molecule has 1 saturated carbocycles. The summed E-state index contributed by atoms with van der Waals surface area (Å²) in [7, 11) is 0. The van der Waals surface area contributed by atoms with Gasteiger partial charge in [0.25, 0.3) is 0 Å². The number of hydrogen-bond donors (Lipinski definition) is 1. The predicted molar refractivity (Wildman–Crippen MR) is 142 cm³/mol. The van der Waals surface area contributed by atoms with Crippen LogP contribution in [0, 0.1) is 0 Å². The van der Waals surface area contributed by atoms with Crippen LogP contribution < -0.4 is 5.32 Å². The minimum absolute atomic E-state index is 0. The van der Waals surface area contributed by atoms with Crippen molar-refractivity contribution in [2.24, 2.45) is 4.99 Å². The molecular weight excluding hydrogens is 527 g/mol. The second-order valence-electron chi connectivity index (χ2n) is 9.23. The van der Waals surface area contributed by atoms with Crippen molar-refractivity contribution in [2.45, 2.75) is 63.9 Å². The first kappa shape index (κ1) is 24.5. The van der Waals surface area contributed by atoms with Gasteiger partial charge >= 0.3 is 0 Å². The van der Waals surface area contributed by atoms with Gasteiger partial charge < -0.3 is 15.0 Å². The number of likely N-dealkylation sites (tertiary alicyclic amines) is 1. The minimum atomic E-state index is 0. The summed E-state index contributed by atoms with van der Waals surface area (Å²) >= 11 is 0. The van der Waals surface area contributed by atoms with Gasteiger partial charge in [-0.3, -0.25) is 9.58 Å². The summed E-state index contributed by atoms with van der Waals surface area (Å²) in [4.78, 5) is 9.90. The fourth-order valence-corrected chi connectivity index (χ4v) is 5.36. The SMILES string of the molecule is CCNC(=NCc1ccn(C2CCCC2)n1)N1CC2OCCN(Cc3ccccc3)C2C1.I. The van der Waals surface area contributed by atoms with Crippen molar-refractivity contribution in [2.75, 3.05) is 32.8 Å². The molecule has 8 heteroatoms. The Hall–Kier alpha value is -1.65. The van der Waals surface area contributed by atoms with E-state index in [1.54, 1.807) is 0 Å². The van der Waals surface area contributed by atoms with Crippen molar-refractivity contribution in [3.05, 3.63) is 53.9 Å². The lowest BCUT2D eigenvalue weighted by Crippen LogP contribution is -2.50. The molecule has 1 N–H and O–H groups in total. The maximum Gasteiger partial charge on any atom is 0.194 e. The number of nitrogens with zero attached hydrogens (tertiary/aromatic N) is 5. The van der Waals surface area contributed by atoms with Crippen LogP contribution >= 0.6 is 24.0 Å². The molecule has 2 aliphatic heterocycles. The Kier molecular flexibility index (Phi) is 8.65. The molecule has 3 fully saturated rings. The normalized spacial score (nSPS) is 24.0. The van der Waals surface area contributed by atoms with Crippen LogP contribution in [0.5, 0.6) is 0 Å². The Balaban J connectivity index is 0.00000259. The van der Waals surface area contributed by atoms with Crippen LogP contribution in [0.3, 0.4) is 0 Å². The van der Waals surface area contributed by atoms with Crippen LogP contribution in [0.4, 0.5) is 0 Å². The monoisotopic (exact) mass is 564 g/mol. The zero-order chi connectivity index (χ0) is 21.8. The highest BCUT2D eigenvalue weighted by molar-refractivity contribution is 14.0. The Morgan fingerprint density at radius 3 is 2.76 bits per heavy atom. The third kappa shape index (κ3) is 5.89. The molecule has 7 nitrogen and oxygen atoms in total. The molecule has 2 atom stereocenters. The Morgan fingerprint density at radius 2 is 1.97 bits per heavy atom. The van der Waals surface area contributed by atoms with E-state index in [0.717, 1.165) is 51.0 Å². The highest BCUT2D eigenvalue weighted by atomic mass is 127. The number of benzene rings is 1. The summed E-state index contributed by atoms with van der Waals surface area (Å²) in [6.45, 7) is 8.19. The van der Waals surface area contributed by atoms with Gasteiger partial charge in [-0.05, 0) is 31.4 Å². The van der Waals surface area contributed by atoms with E-state index in [1.807, 2.05) is 0 Å². The smallest absolute Gasteiger partial charge is 0.194 e.